The van der Waals surface area contributed by atoms with Crippen LogP contribution in [0.15, 0.2) is 35.7 Å². The number of rotatable bonds is 9. The number of nitrogens with one attached hydrogen (secondary N) is 2. The monoisotopic (exact) mass is 1130 g/mol. The van der Waals surface area contributed by atoms with Gasteiger partial charge in [0.25, 0.3) is 0 Å². The Morgan fingerprint density at radius 1 is 0.488 bits per heavy atom. The molecule has 0 spiro atoms. The fourth-order valence-electron chi connectivity index (χ4n) is 23.4. The van der Waals surface area contributed by atoms with Crippen LogP contribution in [0.3, 0.4) is 0 Å². The highest BCUT2D eigenvalue weighted by atomic mass is 16.3. The second-order valence-corrected chi connectivity index (χ2v) is 34.0. The molecule has 6 unspecified atom stereocenters. The standard InChI is InChI=1S/C68H106N8O6/c1-57(2)27-29-67(45(33-57)43-15-17-49-61(9)23-21-51(77)59(5,6)47(61)19-25-63(49,11)65(43,13)35-53(67)79)55(81)69-37-41-39-75(73-71-41)31-32-76-40-42(72-74-76)38-70-56(82)68-30-28-58(3,4)34-46(68)44-16-18-50-62(10)24-22-52(78)60(7,8)48(62)20-26-64(50,12)66(44,14)36-54(68)80/h15-16,39-40,45-54,77-80H,17-38H2,1-14H3,(H,69,81)(H,70,82)/t45?,46?,47?,48?,49?,50?,51-,52-,53+,54+,61-,62-,63+,64+,65+,66+,67+,68+/m0/s1. The average molecular weight is 1130 g/mol. The number of aromatic nitrogens is 6. The van der Waals surface area contributed by atoms with Crippen molar-refractivity contribution in [2.75, 3.05) is 0 Å². The molecule has 12 rings (SSSR count). The molecule has 454 valence electrons. The molecular weight excluding hydrogens is 1020 g/mol. The van der Waals surface area contributed by atoms with E-state index >= 15 is 9.59 Å². The summed E-state index contributed by atoms with van der Waals surface area (Å²) in [4.78, 5) is 30.0. The van der Waals surface area contributed by atoms with Crippen molar-refractivity contribution in [1.29, 1.82) is 0 Å². The van der Waals surface area contributed by atoms with Gasteiger partial charge in [-0.25, -0.2) is 0 Å². The van der Waals surface area contributed by atoms with Crippen LogP contribution in [-0.4, -0.2) is 86.6 Å². The van der Waals surface area contributed by atoms with E-state index < -0.39 is 23.0 Å². The number of nitrogens with zero attached hydrogens (tertiary/aromatic N) is 6. The zero-order valence-corrected chi connectivity index (χ0v) is 52.9. The van der Waals surface area contributed by atoms with Gasteiger partial charge in [-0.1, -0.05) is 131 Å². The van der Waals surface area contributed by atoms with E-state index in [-0.39, 0.29) is 103 Å². The van der Waals surface area contributed by atoms with E-state index in [1.165, 1.54) is 11.1 Å². The SMILES string of the molecule is CC1(C)CC[C@@]2(C(=O)NCc3cn(CCn4cc(CNC(=O)[C@]56CCC(C)(C)CC5C5=CCC7[C@@]8(C)CC[C@H](O)C(C)(C)C8CC[C@@]7(C)[C@]5(C)C[C@H]6O)nn4)nn3)C(C1)C1=CCC3[C@@]4(C)CC[C@H](O)C(C)(C)C4CC[C@@]3(C)[C@]1(C)C[C@H]2O. The van der Waals surface area contributed by atoms with Crippen LogP contribution in [0.25, 0.3) is 0 Å². The van der Waals surface area contributed by atoms with E-state index in [9.17, 15) is 20.4 Å². The number of aliphatic hydroxyl groups is 4. The molecule has 2 aromatic heterocycles. The van der Waals surface area contributed by atoms with Gasteiger partial charge in [0, 0.05) is 0 Å². The summed E-state index contributed by atoms with van der Waals surface area (Å²) in [7, 11) is 0. The van der Waals surface area contributed by atoms with Crippen molar-refractivity contribution in [3.05, 3.63) is 47.1 Å². The lowest BCUT2D eigenvalue weighted by atomic mass is 9.33. The Morgan fingerprint density at radius 3 is 1.24 bits per heavy atom. The number of hydrogen-bond donors (Lipinski definition) is 6. The molecule has 10 aliphatic carbocycles. The van der Waals surface area contributed by atoms with E-state index in [0.29, 0.717) is 73.8 Å². The number of allylic oxidation sites excluding steroid dienone is 4. The first-order valence-corrected chi connectivity index (χ1v) is 32.7. The third kappa shape index (κ3) is 8.15. The Kier molecular flexibility index (Phi) is 13.7. The molecule has 0 bridgehead atoms. The van der Waals surface area contributed by atoms with E-state index in [2.05, 4.69) is 140 Å². The smallest absolute Gasteiger partial charge is 0.229 e. The lowest BCUT2D eigenvalue weighted by Crippen LogP contribution is -2.68. The first-order valence-electron chi connectivity index (χ1n) is 32.7. The number of aryl methyl sites for hydroxylation is 2. The van der Waals surface area contributed by atoms with Crippen molar-refractivity contribution < 1.29 is 30.0 Å². The number of aliphatic hydroxyl groups excluding tert-OH is 4. The number of carbonyl (C=O) groups is 2. The Balaban J connectivity index is 0.696. The molecule has 8 saturated carbocycles. The summed E-state index contributed by atoms with van der Waals surface area (Å²) in [6, 6.07) is 0. The summed E-state index contributed by atoms with van der Waals surface area (Å²) >= 11 is 0. The zero-order chi connectivity index (χ0) is 59.0. The van der Waals surface area contributed by atoms with Crippen LogP contribution >= 0.6 is 0 Å². The van der Waals surface area contributed by atoms with Gasteiger partial charge in [0.15, 0.2) is 0 Å². The molecule has 10 aliphatic rings. The Hall–Kier alpha value is -3.46. The maximum absolute atomic E-state index is 15.0. The van der Waals surface area contributed by atoms with Gasteiger partial charge in [-0.15, -0.1) is 10.2 Å². The zero-order valence-electron chi connectivity index (χ0n) is 52.9. The summed E-state index contributed by atoms with van der Waals surface area (Å²) in [6.07, 6.45) is 22.6. The van der Waals surface area contributed by atoms with Crippen molar-refractivity contribution in [3.63, 3.8) is 0 Å². The summed E-state index contributed by atoms with van der Waals surface area (Å²) in [5.74, 6) is 1.46. The summed E-state index contributed by atoms with van der Waals surface area (Å²) in [5.41, 5.74) is 1.65. The van der Waals surface area contributed by atoms with E-state index in [4.69, 9.17) is 0 Å². The van der Waals surface area contributed by atoms with Gasteiger partial charge in [-0.3, -0.25) is 19.0 Å². The minimum atomic E-state index is -0.929. The minimum absolute atomic E-state index is 0.0346. The Labute approximate surface area is 491 Å². The fourth-order valence-corrected chi connectivity index (χ4v) is 23.4. The molecule has 2 heterocycles. The molecule has 2 amide bonds. The highest BCUT2D eigenvalue weighted by Gasteiger charge is 2.73. The topological polar surface area (TPSA) is 201 Å². The maximum Gasteiger partial charge on any atom is 0.229 e. The molecule has 18 atom stereocenters. The molecule has 82 heavy (non-hydrogen) atoms. The van der Waals surface area contributed by atoms with E-state index in [1.807, 2.05) is 12.4 Å². The molecule has 14 heteroatoms. The highest BCUT2D eigenvalue weighted by molar-refractivity contribution is 5.85. The molecule has 0 aromatic carbocycles. The molecule has 6 N–H and O–H groups in total. The number of amides is 2. The van der Waals surface area contributed by atoms with Gasteiger partial charge >= 0.3 is 0 Å². The van der Waals surface area contributed by atoms with Crippen molar-refractivity contribution in [1.82, 2.24) is 40.6 Å². The van der Waals surface area contributed by atoms with Crippen molar-refractivity contribution in [2.45, 2.75) is 263 Å². The van der Waals surface area contributed by atoms with Crippen molar-refractivity contribution in [3.8, 4) is 0 Å². The van der Waals surface area contributed by atoms with Crippen LogP contribution in [0.2, 0.25) is 0 Å². The van der Waals surface area contributed by atoms with Gasteiger partial charge in [-0.05, 0) is 205 Å². The Morgan fingerprint density at radius 2 is 0.866 bits per heavy atom. The first kappa shape index (κ1) is 58.9. The largest absolute Gasteiger partial charge is 0.393 e. The lowest BCUT2D eigenvalue weighted by molar-refractivity contribution is -0.215. The maximum atomic E-state index is 15.0. The summed E-state index contributed by atoms with van der Waals surface area (Å²) in [6.45, 7) is 34.8. The molecule has 14 nitrogen and oxygen atoms in total. The van der Waals surface area contributed by atoms with Gasteiger partial charge < -0.3 is 31.1 Å². The van der Waals surface area contributed by atoms with Crippen molar-refractivity contribution in [2.24, 2.45) is 100 Å². The van der Waals surface area contributed by atoms with Crippen LogP contribution in [-0.2, 0) is 35.8 Å². The molecule has 0 aliphatic heterocycles. The average Bonchev–Trinajstić information content (AvgIpc) is 0.822. The number of hydrogen-bond acceptors (Lipinski definition) is 10. The van der Waals surface area contributed by atoms with Gasteiger partial charge in [0.05, 0.1) is 73.8 Å². The number of fused-ring (bicyclic) bond motifs is 14. The van der Waals surface area contributed by atoms with Crippen LogP contribution < -0.4 is 10.6 Å². The summed E-state index contributed by atoms with van der Waals surface area (Å²) < 4.78 is 3.53. The van der Waals surface area contributed by atoms with Crippen LogP contribution in [0.4, 0.5) is 0 Å². The van der Waals surface area contributed by atoms with Gasteiger partial charge in [-0.2, -0.15) is 0 Å². The fraction of sp³-hybridized carbons (Fsp3) is 0.853. The highest BCUT2D eigenvalue weighted by Crippen LogP contribution is 2.78. The van der Waals surface area contributed by atoms with E-state index in [0.717, 1.165) is 89.9 Å². The molecule has 2 aromatic rings. The first-order chi connectivity index (χ1) is 38.2. The van der Waals surface area contributed by atoms with Gasteiger partial charge in [0.2, 0.25) is 11.8 Å². The molecule has 0 saturated heterocycles. The number of carbonyl (C=O) groups excluding carboxylic acids is 2. The predicted octanol–water partition coefficient (Wildman–Crippen LogP) is 11.1. The Bertz CT molecular complexity index is 2730. The third-order valence-corrected chi connectivity index (χ3v) is 28.8. The molecular formula is C68H106N8O6. The van der Waals surface area contributed by atoms with Crippen LogP contribution in [0.1, 0.15) is 224 Å². The second kappa shape index (κ2) is 19.0. The van der Waals surface area contributed by atoms with Crippen molar-refractivity contribution >= 4 is 11.8 Å². The minimum Gasteiger partial charge on any atom is -0.393 e. The lowest BCUT2D eigenvalue weighted by Gasteiger charge is -2.71. The quantitative estimate of drug-likeness (QED) is 0.131. The molecule has 8 fully saturated rings. The third-order valence-electron chi connectivity index (χ3n) is 28.8. The van der Waals surface area contributed by atoms with Gasteiger partial charge in [0.1, 0.15) is 11.4 Å². The second-order valence-electron chi connectivity index (χ2n) is 34.0. The van der Waals surface area contributed by atoms with E-state index in [1.54, 1.807) is 9.36 Å². The predicted molar refractivity (Wildman–Crippen MR) is 317 cm³/mol. The molecule has 0 radical (unpaired) electrons. The normalized spacial score (nSPS) is 46.5. The van der Waals surface area contributed by atoms with Crippen LogP contribution in [0, 0.1) is 100 Å². The van der Waals surface area contributed by atoms with Crippen LogP contribution in [0.5, 0.6) is 0 Å². The summed E-state index contributed by atoms with van der Waals surface area (Å²) in [5, 5.41) is 72.3.